The molecule has 0 aromatic rings. The highest BCUT2D eigenvalue weighted by Crippen LogP contribution is 1.83. The fraction of sp³-hybridized carbons (Fsp3) is 0.286. The maximum Gasteiger partial charge on any atom is 0.0492 e. The second kappa shape index (κ2) is 5.09. The van der Waals surface area contributed by atoms with Crippen LogP contribution in [0.1, 0.15) is 13.3 Å². The van der Waals surface area contributed by atoms with Crippen molar-refractivity contribution in [1.82, 2.24) is 0 Å². The number of hydrogen-bond donors (Lipinski definition) is 2. The quantitative estimate of drug-likeness (QED) is 0.434. The van der Waals surface area contributed by atoms with Crippen molar-refractivity contribution in [2.75, 3.05) is 0 Å². The lowest BCUT2D eigenvalue weighted by Crippen LogP contribution is -1.95. The number of allylic oxidation sites excluding steroid dienone is 4. The number of hydrogen-bond acceptors (Lipinski definition) is 2. The van der Waals surface area contributed by atoms with E-state index in [1.165, 1.54) is 0 Å². The number of nitrogens with two attached hydrogens (primary N) is 1. The minimum Gasteiger partial charge on any atom is -0.398 e. The van der Waals surface area contributed by atoms with E-state index in [0.29, 0.717) is 5.70 Å². The van der Waals surface area contributed by atoms with Gasteiger partial charge in [-0.25, -0.2) is 0 Å². The van der Waals surface area contributed by atoms with Gasteiger partial charge in [0, 0.05) is 11.9 Å². The first-order valence-corrected chi connectivity index (χ1v) is 2.94. The first kappa shape index (κ1) is 7.95. The summed E-state index contributed by atoms with van der Waals surface area (Å²) in [6.07, 6.45) is 7.66. The summed E-state index contributed by atoms with van der Waals surface area (Å²) in [4.78, 5) is 0. The van der Waals surface area contributed by atoms with Crippen LogP contribution in [0.15, 0.2) is 23.9 Å². The van der Waals surface area contributed by atoms with Crippen LogP contribution in [0.25, 0.3) is 0 Å². The Kier molecular flexibility index (Phi) is 4.50. The lowest BCUT2D eigenvalue weighted by Gasteiger charge is -1.82. The standard InChI is InChI=1S/C7H12N2/c1-2-3-4-5-7(9)6-8/h3-6,8H,2,9H2,1H3/b4-3-,7-5+,8-6?. The van der Waals surface area contributed by atoms with Gasteiger partial charge in [-0.15, -0.1) is 0 Å². The molecule has 0 amide bonds. The smallest absolute Gasteiger partial charge is 0.0492 e. The van der Waals surface area contributed by atoms with E-state index in [1.807, 2.05) is 19.1 Å². The van der Waals surface area contributed by atoms with Gasteiger partial charge in [-0.3, -0.25) is 0 Å². The van der Waals surface area contributed by atoms with Gasteiger partial charge in [0.05, 0.1) is 0 Å². The van der Waals surface area contributed by atoms with Crippen LogP contribution in [-0.2, 0) is 0 Å². The van der Waals surface area contributed by atoms with Gasteiger partial charge >= 0.3 is 0 Å². The van der Waals surface area contributed by atoms with Crippen LogP contribution >= 0.6 is 0 Å². The molecule has 0 aliphatic carbocycles. The molecule has 0 fully saturated rings. The van der Waals surface area contributed by atoms with Crippen molar-refractivity contribution in [2.45, 2.75) is 13.3 Å². The molecule has 50 valence electrons. The topological polar surface area (TPSA) is 49.9 Å². The molecule has 0 heterocycles. The molecule has 0 aliphatic rings. The SMILES string of the molecule is CC/C=C\C=C(\N)C=N. The molecule has 2 nitrogen and oxygen atoms in total. The summed E-state index contributed by atoms with van der Waals surface area (Å²) in [6, 6.07) is 0. The van der Waals surface area contributed by atoms with Crippen LogP contribution in [0.3, 0.4) is 0 Å². The van der Waals surface area contributed by atoms with E-state index in [-0.39, 0.29) is 0 Å². The molecule has 0 saturated heterocycles. The molecule has 0 aliphatic heterocycles. The second-order valence-electron chi connectivity index (χ2n) is 1.65. The van der Waals surface area contributed by atoms with E-state index in [9.17, 15) is 0 Å². The van der Waals surface area contributed by atoms with E-state index in [0.717, 1.165) is 12.6 Å². The largest absolute Gasteiger partial charge is 0.398 e. The number of nitrogens with one attached hydrogen (secondary N) is 1. The molecule has 0 aromatic carbocycles. The molecular formula is C7H12N2. The van der Waals surface area contributed by atoms with Crippen molar-refractivity contribution >= 4 is 6.21 Å². The average molecular weight is 124 g/mol. The van der Waals surface area contributed by atoms with Crippen molar-refractivity contribution in [2.24, 2.45) is 5.73 Å². The highest BCUT2D eigenvalue weighted by molar-refractivity contribution is 5.74. The van der Waals surface area contributed by atoms with Crippen LogP contribution in [0.2, 0.25) is 0 Å². The van der Waals surface area contributed by atoms with Crippen molar-refractivity contribution in [3.8, 4) is 0 Å². The summed E-state index contributed by atoms with van der Waals surface area (Å²) in [5, 5.41) is 6.69. The maximum atomic E-state index is 6.69. The molecular weight excluding hydrogens is 112 g/mol. The van der Waals surface area contributed by atoms with Crippen LogP contribution in [0, 0.1) is 5.41 Å². The second-order valence-corrected chi connectivity index (χ2v) is 1.65. The van der Waals surface area contributed by atoms with Crippen LogP contribution in [0.5, 0.6) is 0 Å². The van der Waals surface area contributed by atoms with Gasteiger partial charge in [-0.2, -0.15) is 0 Å². The average Bonchev–Trinajstić information content (AvgIpc) is 1.89. The lowest BCUT2D eigenvalue weighted by atomic mass is 10.3. The van der Waals surface area contributed by atoms with Gasteiger partial charge < -0.3 is 11.1 Å². The molecule has 0 unspecified atom stereocenters. The summed E-state index contributed by atoms with van der Waals surface area (Å²) in [6.45, 7) is 2.05. The van der Waals surface area contributed by atoms with Crippen LogP contribution in [-0.4, -0.2) is 6.21 Å². The minimum absolute atomic E-state index is 0.486. The van der Waals surface area contributed by atoms with Crippen molar-refractivity contribution < 1.29 is 0 Å². The molecule has 0 spiro atoms. The molecule has 0 aromatic heterocycles. The molecule has 2 heteroatoms. The Balaban J connectivity index is 3.68. The molecule has 0 atom stereocenters. The third kappa shape index (κ3) is 4.81. The monoisotopic (exact) mass is 124 g/mol. The summed E-state index contributed by atoms with van der Waals surface area (Å²) in [7, 11) is 0. The fourth-order valence-electron chi connectivity index (χ4n) is 0.363. The molecule has 3 N–H and O–H groups in total. The van der Waals surface area contributed by atoms with Crippen molar-refractivity contribution in [3.05, 3.63) is 23.9 Å². The normalized spacial score (nSPS) is 12.3. The predicted octanol–water partition coefficient (Wildman–Crippen LogP) is 1.44. The lowest BCUT2D eigenvalue weighted by molar-refractivity contribution is 1.22. The Bertz CT molecular complexity index is 134. The van der Waals surface area contributed by atoms with Crippen LogP contribution in [0.4, 0.5) is 0 Å². The Labute approximate surface area is 55.6 Å². The van der Waals surface area contributed by atoms with E-state index >= 15 is 0 Å². The van der Waals surface area contributed by atoms with E-state index in [1.54, 1.807) is 6.08 Å². The zero-order chi connectivity index (χ0) is 7.11. The summed E-state index contributed by atoms with van der Waals surface area (Å²) < 4.78 is 0. The molecule has 0 bridgehead atoms. The van der Waals surface area contributed by atoms with Gasteiger partial charge in [0.25, 0.3) is 0 Å². The van der Waals surface area contributed by atoms with Gasteiger partial charge in [-0.05, 0) is 12.5 Å². The van der Waals surface area contributed by atoms with Gasteiger partial charge in [0.15, 0.2) is 0 Å². The predicted molar refractivity (Wildman–Crippen MR) is 40.5 cm³/mol. The molecule has 9 heavy (non-hydrogen) atoms. The first-order chi connectivity index (χ1) is 4.31. The van der Waals surface area contributed by atoms with E-state index in [2.05, 4.69) is 0 Å². The highest BCUT2D eigenvalue weighted by Gasteiger charge is 1.73. The first-order valence-electron chi connectivity index (χ1n) is 2.94. The van der Waals surface area contributed by atoms with Gasteiger partial charge in [0.2, 0.25) is 0 Å². The zero-order valence-electron chi connectivity index (χ0n) is 5.59. The Morgan fingerprint density at radius 1 is 1.67 bits per heavy atom. The number of rotatable bonds is 3. The Morgan fingerprint density at radius 2 is 2.33 bits per heavy atom. The Hall–Kier alpha value is -1.05. The molecule has 0 rings (SSSR count). The summed E-state index contributed by atoms with van der Waals surface area (Å²) in [5.74, 6) is 0. The zero-order valence-corrected chi connectivity index (χ0v) is 5.59. The van der Waals surface area contributed by atoms with Crippen LogP contribution < -0.4 is 5.73 Å². The van der Waals surface area contributed by atoms with E-state index in [4.69, 9.17) is 11.1 Å². The molecule has 0 saturated carbocycles. The maximum absolute atomic E-state index is 6.69. The minimum atomic E-state index is 0.486. The van der Waals surface area contributed by atoms with E-state index < -0.39 is 0 Å². The molecule has 0 radical (unpaired) electrons. The van der Waals surface area contributed by atoms with Gasteiger partial charge in [-0.1, -0.05) is 19.1 Å². The van der Waals surface area contributed by atoms with Crippen molar-refractivity contribution in [3.63, 3.8) is 0 Å². The van der Waals surface area contributed by atoms with Crippen molar-refractivity contribution in [1.29, 1.82) is 5.41 Å². The Morgan fingerprint density at radius 3 is 2.78 bits per heavy atom. The van der Waals surface area contributed by atoms with Gasteiger partial charge in [0.1, 0.15) is 0 Å². The summed E-state index contributed by atoms with van der Waals surface area (Å²) in [5.41, 5.74) is 5.77. The summed E-state index contributed by atoms with van der Waals surface area (Å²) >= 11 is 0. The fourth-order valence-corrected chi connectivity index (χ4v) is 0.363. The third-order valence-electron chi connectivity index (χ3n) is 0.827. The highest BCUT2D eigenvalue weighted by atomic mass is 14.6. The third-order valence-corrected chi connectivity index (χ3v) is 0.827.